The van der Waals surface area contributed by atoms with Gasteiger partial charge in [-0.1, -0.05) is 11.6 Å². The molecule has 2 fully saturated rings. The predicted octanol–water partition coefficient (Wildman–Crippen LogP) is 2.86. The second kappa shape index (κ2) is 6.24. The van der Waals surface area contributed by atoms with Crippen molar-refractivity contribution in [3.63, 3.8) is 0 Å². The second-order valence-corrected chi connectivity index (χ2v) is 6.44. The van der Waals surface area contributed by atoms with E-state index in [0.29, 0.717) is 17.1 Å². The molecule has 2 saturated heterocycles. The highest BCUT2D eigenvalue weighted by Gasteiger charge is 2.34. The molecular formula is C16H21ClN2O2. The van der Waals surface area contributed by atoms with Crippen LogP contribution in [0, 0.1) is 0 Å². The molecule has 0 bridgehead atoms. The van der Waals surface area contributed by atoms with Crippen LogP contribution in [0.2, 0.25) is 5.02 Å². The number of carbonyl (C=O) groups is 1. The van der Waals surface area contributed by atoms with Crippen LogP contribution in [0.1, 0.15) is 25.7 Å². The highest BCUT2D eigenvalue weighted by molar-refractivity contribution is 6.30. The van der Waals surface area contributed by atoms with Crippen molar-refractivity contribution in [1.29, 1.82) is 0 Å². The number of hydrogen-bond acceptors (Lipinski definition) is 3. The lowest BCUT2D eigenvalue weighted by atomic mass is 9.95. The minimum absolute atomic E-state index is 0.0546. The van der Waals surface area contributed by atoms with Crippen molar-refractivity contribution in [3.8, 4) is 0 Å². The van der Waals surface area contributed by atoms with Crippen LogP contribution in [-0.2, 0) is 4.79 Å². The Kier molecular flexibility index (Phi) is 4.36. The lowest BCUT2D eigenvalue weighted by Gasteiger charge is -2.41. The Morgan fingerprint density at radius 3 is 2.76 bits per heavy atom. The summed E-state index contributed by atoms with van der Waals surface area (Å²) in [6.07, 6.45) is 4.62. The molecule has 3 rings (SSSR count). The summed E-state index contributed by atoms with van der Waals surface area (Å²) in [7, 11) is 0. The third-order valence-electron chi connectivity index (χ3n) is 4.70. The molecule has 0 amide bonds. The molecule has 1 N–H and O–H groups in total. The smallest absolute Gasteiger partial charge is 0.323 e. The molecule has 1 aromatic rings. The number of anilines is 1. The van der Waals surface area contributed by atoms with Crippen molar-refractivity contribution >= 4 is 23.3 Å². The van der Waals surface area contributed by atoms with Gasteiger partial charge in [0.25, 0.3) is 0 Å². The van der Waals surface area contributed by atoms with Crippen LogP contribution < -0.4 is 4.90 Å². The van der Waals surface area contributed by atoms with E-state index in [0.717, 1.165) is 25.1 Å². The maximum atomic E-state index is 11.2. The minimum Gasteiger partial charge on any atom is -0.480 e. The van der Waals surface area contributed by atoms with Crippen LogP contribution in [-0.4, -0.2) is 47.7 Å². The van der Waals surface area contributed by atoms with Gasteiger partial charge in [0.1, 0.15) is 6.54 Å². The van der Waals surface area contributed by atoms with Crippen LogP contribution in [0.3, 0.4) is 0 Å². The van der Waals surface area contributed by atoms with Gasteiger partial charge in [-0.25, -0.2) is 0 Å². The number of rotatable bonds is 4. The Morgan fingerprint density at radius 1 is 1.29 bits per heavy atom. The number of halogens is 1. The summed E-state index contributed by atoms with van der Waals surface area (Å²) in [6.45, 7) is 2.34. The number of aliphatic carboxylic acids is 1. The van der Waals surface area contributed by atoms with E-state index in [1.165, 1.54) is 19.4 Å². The van der Waals surface area contributed by atoms with Gasteiger partial charge in [0.15, 0.2) is 0 Å². The fourth-order valence-electron chi connectivity index (χ4n) is 3.70. The number of carboxylic acid groups (broad SMARTS) is 1. The fraction of sp³-hybridized carbons (Fsp3) is 0.562. The quantitative estimate of drug-likeness (QED) is 0.929. The lowest BCUT2D eigenvalue weighted by Crippen LogP contribution is -2.49. The first kappa shape index (κ1) is 14.7. The molecule has 2 aliphatic heterocycles. The van der Waals surface area contributed by atoms with E-state index < -0.39 is 5.97 Å². The van der Waals surface area contributed by atoms with Crippen LogP contribution >= 0.6 is 11.6 Å². The average molecular weight is 309 g/mol. The van der Waals surface area contributed by atoms with Gasteiger partial charge in [-0.2, -0.15) is 0 Å². The zero-order valence-electron chi connectivity index (χ0n) is 12.0. The van der Waals surface area contributed by atoms with Gasteiger partial charge in [-0.15, -0.1) is 0 Å². The lowest BCUT2D eigenvalue weighted by molar-refractivity contribution is -0.135. The zero-order chi connectivity index (χ0) is 14.8. The molecule has 0 saturated carbocycles. The first-order chi connectivity index (χ1) is 10.1. The molecule has 0 aromatic heterocycles. The Hall–Kier alpha value is -1.26. The summed E-state index contributed by atoms with van der Waals surface area (Å²) in [6, 6.07) is 8.44. The molecule has 2 heterocycles. The molecule has 2 aliphatic rings. The summed E-state index contributed by atoms with van der Waals surface area (Å²) in [5.41, 5.74) is 0.957. The third kappa shape index (κ3) is 3.33. The van der Waals surface area contributed by atoms with E-state index in [2.05, 4.69) is 4.90 Å². The number of hydrogen-bond donors (Lipinski definition) is 1. The minimum atomic E-state index is -0.779. The highest BCUT2D eigenvalue weighted by atomic mass is 35.5. The standard InChI is InChI=1S/C16H21ClN2O2/c17-12-3-5-13(6-4-12)19(11-16(20)21)15-7-9-18-8-1-2-14(18)10-15/h3-6,14-15H,1-2,7-11H2,(H,20,21). The average Bonchev–Trinajstić information content (AvgIpc) is 2.93. The summed E-state index contributed by atoms with van der Waals surface area (Å²) < 4.78 is 0. The summed E-state index contributed by atoms with van der Waals surface area (Å²) in [4.78, 5) is 15.8. The van der Waals surface area contributed by atoms with Crippen LogP contribution in [0.5, 0.6) is 0 Å². The second-order valence-electron chi connectivity index (χ2n) is 6.01. The maximum absolute atomic E-state index is 11.2. The Labute approximate surface area is 130 Å². The molecule has 4 nitrogen and oxygen atoms in total. The number of carboxylic acids is 1. The van der Waals surface area contributed by atoms with Crippen molar-refractivity contribution in [1.82, 2.24) is 4.90 Å². The zero-order valence-corrected chi connectivity index (χ0v) is 12.8. The normalized spacial score (nSPS) is 25.6. The third-order valence-corrected chi connectivity index (χ3v) is 4.95. The first-order valence-electron chi connectivity index (χ1n) is 7.61. The summed E-state index contributed by atoms with van der Waals surface area (Å²) in [5.74, 6) is -0.779. The van der Waals surface area contributed by atoms with Crippen LogP contribution in [0.4, 0.5) is 5.69 Å². The van der Waals surface area contributed by atoms with E-state index in [4.69, 9.17) is 11.6 Å². The van der Waals surface area contributed by atoms with Gasteiger partial charge >= 0.3 is 5.97 Å². The Morgan fingerprint density at radius 2 is 2.05 bits per heavy atom. The molecule has 2 atom stereocenters. The van der Waals surface area contributed by atoms with Gasteiger partial charge < -0.3 is 14.9 Å². The van der Waals surface area contributed by atoms with E-state index in [-0.39, 0.29) is 6.54 Å². The van der Waals surface area contributed by atoms with E-state index in [1.54, 1.807) is 0 Å². The van der Waals surface area contributed by atoms with Crippen molar-refractivity contribution in [2.75, 3.05) is 24.5 Å². The van der Waals surface area contributed by atoms with Gasteiger partial charge in [0, 0.05) is 29.3 Å². The predicted molar refractivity (Wildman–Crippen MR) is 84.1 cm³/mol. The topological polar surface area (TPSA) is 43.8 Å². The van der Waals surface area contributed by atoms with Crippen molar-refractivity contribution in [2.24, 2.45) is 0 Å². The number of piperidine rings is 1. The van der Waals surface area contributed by atoms with Crippen LogP contribution in [0.25, 0.3) is 0 Å². The molecule has 1 aromatic carbocycles. The van der Waals surface area contributed by atoms with E-state index in [1.807, 2.05) is 29.2 Å². The SMILES string of the molecule is O=C(O)CN(c1ccc(Cl)cc1)C1CCN2CCCC2C1. The Balaban J connectivity index is 1.78. The summed E-state index contributed by atoms with van der Waals surface area (Å²) >= 11 is 5.94. The largest absolute Gasteiger partial charge is 0.480 e. The molecule has 5 heteroatoms. The van der Waals surface area contributed by atoms with Gasteiger partial charge in [-0.3, -0.25) is 4.79 Å². The summed E-state index contributed by atoms with van der Waals surface area (Å²) in [5, 5.41) is 9.92. The van der Waals surface area contributed by atoms with Gasteiger partial charge in [0.2, 0.25) is 0 Å². The van der Waals surface area contributed by atoms with Crippen molar-refractivity contribution in [2.45, 2.75) is 37.8 Å². The molecule has 114 valence electrons. The highest BCUT2D eigenvalue weighted by Crippen LogP contribution is 2.32. The first-order valence-corrected chi connectivity index (χ1v) is 7.99. The number of benzene rings is 1. The maximum Gasteiger partial charge on any atom is 0.323 e. The molecular weight excluding hydrogens is 288 g/mol. The number of fused-ring (bicyclic) bond motifs is 1. The fourth-order valence-corrected chi connectivity index (χ4v) is 3.82. The Bertz CT molecular complexity index is 506. The molecule has 0 aliphatic carbocycles. The monoisotopic (exact) mass is 308 g/mol. The van der Waals surface area contributed by atoms with Crippen molar-refractivity contribution in [3.05, 3.63) is 29.3 Å². The van der Waals surface area contributed by atoms with Gasteiger partial charge in [-0.05, 0) is 56.5 Å². The van der Waals surface area contributed by atoms with E-state index >= 15 is 0 Å². The number of nitrogens with zero attached hydrogens (tertiary/aromatic N) is 2. The van der Waals surface area contributed by atoms with Crippen LogP contribution in [0.15, 0.2) is 24.3 Å². The molecule has 21 heavy (non-hydrogen) atoms. The molecule has 0 spiro atoms. The molecule has 2 unspecified atom stereocenters. The molecule has 0 radical (unpaired) electrons. The van der Waals surface area contributed by atoms with Crippen molar-refractivity contribution < 1.29 is 9.90 Å². The van der Waals surface area contributed by atoms with Gasteiger partial charge in [0.05, 0.1) is 0 Å². The van der Waals surface area contributed by atoms with E-state index in [9.17, 15) is 9.90 Å².